The largest absolute Gasteiger partial charge is 0.353 e. The standard InChI is InChI=1S/C22H24ClN5O3/c1-11-3-6-15(9-12(11)2)24-20(30)16-10-17(29)26-19-18(16)21(31)28-22(27-19)25-14-7-4-13(23)5-8-14/h3-9,16,18-19,22,25,27H,10H2,1-2H3,(H,24,30)(H,26,29)(H,28,31). The number of hydrogen-bond acceptors (Lipinski definition) is 5. The average Bonchev–Trinajstić information content (AvgIpc) is 2.71. The molecule has 0 radical (unpaired) electrons. The summed E-state index contributed by atoms with van der Waals surface area (Å²) in [5.74, 6) is -2.46. The van der Waals surface area contributed by atoms with Gasteiger partial charge in [0.05, 0.1) is 18.0 Å². The molecule has 2 fully saturated rings. The number of hydrogen-bond donors (Lipinski definition) is 5. The zero-order valence-electron chi connectivity index (χ0n) is 17.2. The molecule has 9 heteroatoms. The van der Waals surface area contributed by atoms with Crippen LogP contribution in [0.3, 0.4) is 0 Å². The molecule has 2 aliphatic rings. The lowest BCUT2D eigenvalue weighted by molar-refractivity contribution is -0.144. The Labute approximate surface area is 185 Å². The number of carbonyl (C=O) groups excluding carboxylic acids is 3. The minimum Gasteiger partial charge on any atom is -0.353 e. The van der Waals surface area contributed by atoms with Crippen LogP contribution in [0.2, 0.25) is 5.02 Å². The van der Waals surface area contributed by atoms with Crippen LogP contribution in [0.1, 0.15) is 17.5 Å². The van der Waals surface area contributed by atoms with E-state index in [0.717, 1.165) is 16.8 Å². The summed E-state index contributed by atoms with van der Waals surface area (Å²) in [7, 11) is 0. The van der Waals surface area contributed by atoms with Crippen LogP contribution in [0, 0.1) is 25.7 Å². The van der Waals surface area contributed by atoms with Gasteiger partial charge in [-0.3, -0.25) is 19.7 Å². The molecule has 4 rings (SSSR count). The summed E-state index contributed by atoms with van der Waals surface area (Å²) in [6.07, 6.45) is -1.34. The Morgan fingerprint density at radius 2 is 1.71 bits per heavy atom. The van der Waals surface area contributed by atoms with E-state index in [2.05, 4.69) is 26.6 Å². The Hall–Kier alpha value is -3.10. The third-order valence-corrected chi connectivity index (χ3v) is 5.97. The predicted molar refractivity (Wildman–Crippen MR) is 118 cm³/mol. The first-order chi connectivity index (χ1) is 14.8. The first-order valence-corrected chi connectivity index (χ1v) is 10.4. The normalized spacial score (nSPS) is 25.1. The van der Waals surface area contributed by atoms with Crippen LogP contribution < -0.4 is 26.6 Å². The van der Waals surface area contributed by atoms with Crippen LogP contribution >= 0.6 is 11.6 Å². The van der Waals surface area contributed by atoms with Crippen LogP contribution in [0.15, 0.2) is 42.5 Å². The van der Waals surface area contributed by atoms with Gasteiger partial charge in [-0.2, -0.15) is 0 Å². The molecule has 2 aromatic rings. The van der Waals surface area contributed by atoms with Crippen molar-refractivity contribution >= 4 is 40.7 Å². The van der Waals surface area contributed by atoms with Gasteiger partial charge in [0, 0.05) is 22.8 Å². The fourth-order valence-electron chi connectivity index (χ4n) is 3.92. The van der Waals surface area contributed by atoms with Gasteiger partial charge in [-0.25, -0.2) is 0 Å². The van der Waals surface area contributed by atoms with E-state index in [-0.39, 0.29) is 24.1 Å². The Kier molecular flexibility index (Phi) is 5.84. The van der Waals surface area contributed by atoms with Crippen LogP contribution in [-0.4, -0.2) is 30.2 Å². The van der Waals surface area contributed by atoms with Gasteiger partial charge in [-0.15, -0.1) is 0 Å². The molecule has 8 nitrogen and oxygen atoms in total. The molecule has 162 valence electrons. The van der Waals surface area contributed by atoms with Crippen LogP contribution in [0.4, 0.5) is 11.4 Å². The third-order valence-electron chi connectivity index (χ3n) is 5.72. The first-order valence-electron chi connectivity index (χ1n) is 10.1. The van der Waals surface area contributed by atoms with Gasteiger partial charge in [-0.05, 0) is 61.4 Å². The van der Waals surface area contributed by atoms with E-state index in [4.69, 9.17) is 11.6 Å². The lowest BCUT2D eigenvalue weighted by atomic mass is 9.81. The van der Waals surface area contributed by atoms with Crippen molar-refractivity contribution in [3.05, 3.63) is 58.6 Å². The summed E-state index contributed by atoms with van der Waals surface area (Å²) in [5.41, 5.74) is 3.55. The van der Waals surface area contributed by atoms with Crippen LogP contribution in [0.25, 0.3) is 0 Å². The van der Waals surface area contributed by atoms with Crippen LogP contribution in [-0.2, 0) is 14.4 Å². The maximum absolute atomic E-state index is 13.0. The zero-order valence-corrected chi connectivity index (χ0v) is 17.9. The Bertz CT molecular complexity index is 1030. The molecule has 2 aromatic carbocycles. The van der Waals surface area contributed by atoms with Gasteiger partial charge in [0.1, 0.15) is 0 Å². The summed E-state index contributed by atoms with van der Waals surface area (Å²) in [5, 5.41) is 15.4. The van der Waals surface area contributed by atoms with Crippen molar-refractivity contribution in [3.63, 3.8) is 0 Å². The molecule has 2 saturated heterocycles. The molecular weight excluding hydrogens is 418 g/mol. The maximum atomic E-state index is 13.0. The van der Waals surface area contributed by atoms with Crippen molar-refractivity contribution in [2.45, 2.75) is 32.7 Å². The van der Waals surface area contributed by atoms with Crippen molar-refractivity contribution < 1.29 is 14.4 Å². The molecule has 2 heterocycles. The number of amides is 3. The van der Waals surface area contributed by atoms with E-state index in [9.17, 15) is 14.4 Å². The Morgan fingerprint density at radius 1 is 1.00 bits per heavy atom. The molecule has 2 aliphatic heterocycles. The SMILES string of the molecule is Cc1ccc(NC(=O)C2CC(=O)NC3NC(Nc4ccc(Cl)cc4)NC(=O)C32)cc1C. The number of piperidine rings is 1. The molecule has 31 heavy (non-hydrogen) atoms. The van der Waals surface area contributed by atoms with Crippen molar-refractivity contribution in [1.82, 2.24) is 16.0 Å². The van der Waals surface area contributed by atoms with E-state index in [0.29, 0.717) is 10.7 Å². The minimum absolute atomic E-state index is 0.0534. The molecular formula is C22H24ClN5O3. The number of anilines is 2. The van der Waals surface area contributed by atoms with Gasteiger partial charge in [0.25, 0.3) is 0 Å². The summed E-state index contributed by atoms with van der Waals surface area (Å²) in [6.45, 7) is 3.95. The second-order valence-corrected chi connectivity index (χ2v) is 8.37. The van der Waals surface area contributed by atoms with E-state index in [1.807, 2.05) is 32.0 Å². The highest BCUT2D eigenvalue weighted by molar-refractivity contribution is 6.30. The van der Waals surface area contributed by atoms with Crippen molar-refractivity contribution in [2.75, 3.05) is 10.6 Å². The molecule has 5 N–H and O–H groups in total. The lowest BCUT2D eigenvalue weighted by Crippen LogP contribution is -2.72. The van der Waals surface area contributed by atoms with E-state index in [1.54, 1.807) is 24.3 Å². The summed E-state index contributed by atoms with van der Waals surface area (Å²) in [4.78, 5) is 38.2. The summed E-state index contributed by atoms with van der Waals surface area (Å²) >= 11 is 5.91. The fourth-order valence-corrected chi connectivity index (χ4v) is 4.05. The number of halogens is 1. The third kappa shape index (κ3) is 4.65. The number of benzene rings is 2. The topological polar surface area (TPSA) is 111 Å². The molecule has 0 aromatic heterocycles. The van der Waals surface area contributed by atoms with Gasteiger partial charge < -0.3 is 21.3 Å². The highest BCUT2D eigenvalue weighted by Crippen LogP contribution is 2.28. The monoisotopic (exact) mass is 441 g/mol. The number of aryl methyl sites for hydroxylation is 2. The molecule has 3 amide bonds. The first kappa shape index (κ1) is 21.1. The molecule has 0 spiro atoms. The zero-order chi connectivity index (χ0) is 22.1. The minimum atomic E-state index is -0.788. The van der Waals surface area contributed by atoms with E-state index >= 15 is 0 Å². The number of nitrogens with one attached hydrogen (secondary N) is 5. The van der Waals surface area contributed by atoms with Crippen molar-refractivity contribution in [2.24, 2.45) is 11.8 Å². The van der Waals surface area contributed by atoms with E-state index in [1.165, 1.54) is 0 Å². The number of rotatable bonds is 4. The summed E-state index contributed by atoms with van der Waals surface area (Å²) in [6, 6.07) is 12.6. The Balaban J connectivity index is 1.48. The van der Waals surface area contributed by atoms with Gasteiger partial charge >= 0.3 is 0 Å². The van der Waals surface area contributed by atoms with Gasteiger partial charge in [0.15, 0.2) is 6.29 Å². The van der Waals surface area contributed by atoms with Gasteiger partial charge in [0.2, 0.25) is 17.7 Å². The second kappa shape index (κ2) is 8.56. The van der Waals surface area contributed by atoms with Crippen molar-refractivity contribution in [3.8, 4) is 0 Å². The Morgan fingerprint density at radius 3 is 2.42 bits per heavy atom. The highest BCUT2D eigenvalue weighted by Gasteiger charge is 2.48. The molecule has 0 saturated carbocycles. The molecule has 0 bridgehead atoms. The summed E-state index contributed by atoms with van der Waals surface area (Å²) < 4.78 is 0. The van der Waals surface area contributed by atoms with Gasteiger partial charge in [-0.1, -0.05) is 17.7 Å². The smallest absolute Gasteiger partial charge is 0.229 e. The number of fused-ring (bicyclic) bond motifs is 1. The predicted octanol–water partition coefficient (Wildman–Crippen LogP) is 2.09. The molecule has 4 unspecified atom stereocenters. The number of carbonyl (C=O) groups is 3. The average molecular weight is 442 g/mol. The molecule has 0 aliphatic carbocycles. The van der Waals surface area contributed by atoms with E-state index < -0.39 is 24.3 Å². The lowest BCUT2D eigenvalue weighted by Gasteiger charge is -2.43. The molecule has 4 atom stereocenters. The van der Waals surface area contributed by atoms with Crippen molar-refractivity contribution in [1.29, 1.82) is 0 Å². The quantitative estimate of drug-likeness (QED) is 0.499. The van der Waals surface area contributed by atoms with Crippen LogP contribution in [0.5, 0.6) is 0 Å². The maximum Gasteiger partial charge on any atom is 0.229 e. The fraction of sp³-hybridized carbons (Fsp3) is 0.318. The highest BCUT2D eigenvalue weighted by atomic mass is 35.5. The second-order valence-electron chi connectivity index (χ2n) is 7.93.